The molecule has 0 N–H and O–H groups in total. The quantitative estimate of drug-likeness (QED) is 0.585. The lowest BCUT2D eigenvalue weighted by molar-refractivity contribution is -0.117. The molecule has 0 radical (unpaired) electrons. The zero-order chi connectivity index (χ0) is 19.4. The van der Waals surface area contributed by atoms with Gasteiger partial charge in [-0.25, -0.2) is 0 Å². The minimum absolute atomic E-state index is 0. The van der Waals surface area contributed by atoms with E-state index in [9.17, 15) is 4.79 Å². The number of carbonyl (C=O) groups is 1. The van der Waals surface area contributed by atoms with E-state index in [1.165, 1.54) is 44.1 Å². The highest BCUT2D eigenvalue weighted by Crippen LogP contribution is 2.31. The zero-order valence-corrected chi connectivity index (χ0v) is 19.2. The highest BCUT2D eigenvalue weighted by atomic mass is 35.5. The summed E-state index contributed by atoms with van der Waals surface area (Å²) in [4.78, 5) is 21.7. The Morgan fingerprint density at radius 3 is 2.29 bits per heavy atom. The second-order valence-corrected chi connectivity index (χ2v) is 9.08. The van der Waals surface area contributed by atoms with Crippen LogP contribution in [0.15, 0.2) is 29.3 Å². The van der Waals surface area contributed by atoms with Crippen LogP contribution >= 0.6 is 24.2 Å². The Hall–Kier alpha value is -1.20. The number of halogens is 1. The fraction of sp³-hybridized carbons (Fsp3) is 0.636. The molecule has 1 aliphatic carbocycles. The molecule has 28 heavy (non-hydrogen) atoms. The lowest BCUT2D eigenvalue weighted by Crippen LogP contribution is -2.48. The molecule has 1 heterocycles. The van der Waals surface area contributed by atoms with Gasteiger partial charge in [-0.2, -0.15) is 0 Å². The van der Waals surface area contributed by atoms with Gasteiger partial charge in [0.2, 0.25) is 5.91 Å². The summed E-state index contributed by atoms with van der Waals surface area (Å²) in [5.74, 6) is 1.45. The summed E-state index contributed by atoms with van der Waals surface area (Å²) in [6, 6.07) is 8.88. The van der Waals surface area contributed by atoms with Crippen molar-refractivity contribution in [2.45, 2.75) is 77.4 Å². The highest BCUT2D eigenvalue weighted by Gasteiger charge is 2.34. The van der Waals surface area contributed by atoms with Crippen molar-refractivity contribution in [3.8, 4) is 0 Å². The van der Waals surface area contributed by atoms with Gasteiger partial charge in [0.05, 0.1) is 6.04 Å². The first-order valence-corrected chi connectivity index (χ1v) is 11.3. The first-order chi connectivity index (χ1) is 13.0. The minimum Gasteiger partial charge on any atom is -0.333 e. The number of hydrogen-bond acceptors (Lipinski definition) is 3. The van der Waals surface area contributed by atoms with Gasteiger partial charge in [-0.1, -0.05) is 63.4 Å². The van der Waals surface area contributed by atoms with Crippen LogP contribution in [0.4, 0.5) is 5.69 Å². The zero-order valence-electron chi connectivity index (χ0n) is 17.6. The minimum atomic E-state index is 0. The Bertz CT molecular complexity index is 669. The van der Waals surface area contributed by atoms with Gasteiger partial charge in [-0.15, -0.1) is 12.4 Å². The molecule has 0 aromatic heterocycles. The fourth-order valence-electron chi connectivity index (χ4n) is 3.99. The highest BCUT2D eigenvalue weighted by molar-refractivity contribution is 8.14. The molecule has 6 heteroatoms. The van der Waals surface area contributed by atoms with E-state index in [-0.39, 0.29) is 24.5 Å². The topological polar surface area (TPSA) is 35.9 Å². The first kappa shape index (κ1) is 23.1. The predicted octanol–water partition coefficient (Wildman–Crippen LogP) is 5.67. The van der Waals surface area contributed by atoms with E-state index in [1.807, 2.05) is 4.90 Å². The van der Waals surface area contributed by atoms with Crippen molar-refractivity contribution in [2.24, 2.45) is 4.99 Å². The van der Waals surface area contributed by atoms with Gasteiger partial charge in [-0.3, -0.25) is 14.7 Å². The van der Waals surface area contributed by atoms with E-state index in [0.717, 1.165) is 16.6 Å². The van der Waals surface area contributed by atoms with Crippen molar-refractivity contribution in [1.29, 1.82) is 0 Å². The Morgan fingerprint density at radius 2 is 1.75 bits per heavy atom. The molecule has 1 aliphatic heterocycles. The van der Waals surface area contributed by atoms with E-state index in [4.69, 9.17) is 4.99 Å². The predicted molar refractivity (Wildman–Crippen MR) is 124 cm³/mol. The number of anilines is 1. The van der Waals surface area contributed by atoms with Crippen molar-refractivity contribution in [3.05, 3.63) is 29.8 Å². The normalized spacial score (nSPS) is 22.2. The SMILES string of the molecule is CC(=O)N(c1ccc(C(C)C)cc1)C1CSC(=NC2CCCCCC2)N1C.Cl. The number of aliphatic imine (C=N–C) groups is 1. The van der Waals surface area contributed by atoms with Crippen LogP contribution in [-0.4, -0.2) is 41.0 Å². The molecule has 1 saturated carbocycles. The van der Waals surface area contributed by atoms with Crippen molar-refractivity contribution in [2.75, 3.05) is 17.7 Å². The summed E-state index contributed by atoms with van der Waals surface area (Å²) in [5, 5.41) is 1.09. The maximum absolute atomic E-state index is 12.5. The van der Waals surface area contributed by atoms with Gasteiger partial charge < -0.3 is 4.90 Å². The Balaban J connectivity index is 0.00000280. The summed E-state index contributed by atoms with van der Waals surface area (Å²) in [6.45, 7) is 6.04. The smallest absolute Gasteiger partial charge is 0.225 e. The number of hydrogen-bond donors (Lipinski definition) is 0. The molecular formula is C22H34ClN3OS. The van der Waals surface area contributed by atoms with E-state index in [0.29, 0.717) is 12.0 Å². The molecule has 2 fully saturated rings. The van der Waals surface area contributed by atoms with Crippen molar-refractivity contribution in [1.82, 2.24) is 4.90 Å². The van der Waals surface area contributed by atoms with Gasteiger partial charge >= 0.3 is 0 Å². The largest absolute Gasteiger partial charge is 0.333 e. The third-order valence-corrected chi connectivity index (χ3v) is 6.82. The third kappa shape index (κ3) is 5.44. The van der Waals surface area contributed by atoms with Gasteiger partial charge in [0.25, 0.3) is 0 Å². The first-order valence-electron chi connectivity index (χ1n) is 10.3. The third-order valence-electron chi connectivity index (χ3n) is 5.70. The van der Waals surface area contributed by atoms with E-state index in [2.05, 4.69) is 50.1 Å². The average Bonchev–Trinajstić information content (AvgIpc) is 2.85. The number of amides is 1. The number of rotatable bonds is 4. The van der Waals surface area contributed by atoms with Gasteiger partial charge in [0.1, 0.15) is 6.17 Å². The second-order valence-electron chi connectivity index (χ2n) is 8.09. The number of benzene rings is 1. The van der Waals surface area contributed by atoms with Crippen LogP contribution in [0, 0.1) is 0 Å². The molecule has 1 amide bonds. The summed E-state index contributed by atoms with van der Waals surface area (Å²) in [7, 11) is 2.08. The molecule has 1 unspecified atom stereocenters. The van der Waals surface area contributed by atoms with Crippen LogP contribution < -0.4 is 4.90 Å². The number of amidine groups is 1. The van der Waals surface area contributed by atoms with Gasteiger partial charge in [0.15, 0.2) is 5.17 Å². The van der Waals surface area contributed by atoms with E-state index in [1.54, 1.807) is 18.7 Å². The maximum atomic E-state index is 12.5. The lowest BCUT2D eigenvalue weighted by Gasteiger charge is -2.33. The van der Waals surface area contributed by atoms with Crippen LogP contribution in [0.1, 0.15) is 70.8 Å². The lowest BCUT2D eigenvalue weighted by atomic mass is 10.0. The molecule has 4 nitrogen and oxygen atoms in total. The molecule has 0 spiro atoms. The summed E-state index contributed by atoms with van der Waals surface area (Å²) in [5.41, 5.74) is 2.27. The Kier molecular flexibility index (Phi) is 8.69. The molecular weight excluding hydrogens is 390 g/mol. The summed E-state index contributed by atoms with van der Waals surface area (Å²) in [6.07, 6.45) is 7.71. The fourth-order valence-corrected chi connectivity index (χ4v) is 5.21. The molecule has 2 aliphatic rings. The molecule has 1 atom stereocenters. The summed E-state index contributed by atoms with van der Waals surface area (Å²) < 4.78 is 0. The van der Waals surface area contributed by atoms with Crippen LogP contribution in [0.2, 0.25) is 0 Å². The van der Waals surface area contributed by atoms with Crippen molar-refractivity contribution < 1.29 is 4.79 Å². The van der Waals surface area contributed by atoms with Crippen molar-refractivity contribution >= 4 is 40.9 Å². The molecule has 1 aromatic carbocycles. The van der Waals surface area contributed by atoms with Crippen LogP contribution in [0.3, 0.4) is 0 Å². The monoisotopic (exact) mass is 423 g/mol. The van der Waals surface area contributed by atoms with Crippen molar-refractivity contribution in [3.63, 3.8) is 0 Å². The molecule has 1 saturated heterocycles. The van der Waals surface area contributed by atoms with E-state index < -0.39 is 0 Å². The van der Waals surface area contributed by atoms with Gasteiger partial charge in [0, 0.05) is 25.4 Å². The van der Waals surface area contributed by atoms with E-state index >= 15 is 0 Å². The molecule has 156 valence electrons. The average molecular weight is 424 g/mol. The maximum Gasteiger partial charge on any atom is 0.225 e. The number of thioether (sulfide) groups is 1. The Morgan fingerprint density at radius 1 is 1.14 bits per heavy atom. The van der Waals surface area contributed by atoms with Crippen LogP contribution in [0.5, 0.6) is 0 Å². The molecule has 3 rings (SSSR count). The number of nitrogens with zero attached hydrogens (tertiary/aromatic N) is 3. The number of carbonyl (C=O) groups excluding carboxylic acids is 1. The van der Waals surface area contributed by atoms with Gasteiger partial charge in [-0.05, 0) is 36.5 Å². The van der Waals surface area contributed by atoms with Crippen LogP contribution in [0.25, 0.3) is 0 Å². The Labute approximate surface area is 180 Å². The second kappa shape index (κ2) is 10.5. The standard InChI is InChI=1S/C22H33N3OS.ClH/c1-16(2)18-11-13-20(14-12-18)25(17(3)26)21-15-27-22(24(21)4)23-19-9-7-5-6-8-10-19;/h11-14,16,19,21H,5-10,15H2,1-4H3;1H. The molecule has 1 aromatic rings. The molecule has 0 bridgehead atoms. The summed E-state index contributed by atoms with van der Waals surface area (Å²) >= 11 is 1.79. The van der Waals surface area contributed by atoms with Crippen LogP contribution in [-0.2, 0) is 4.79 Å².